The average molecular weight is 286 g/mol. The first kappa shape index (κ1) is 13.3. The van der Waals surface area contributed by atoms with E-state index in [1.165, 1.54) is 18.2 Å². The maximum atomic E-state index is 9.82. The number of aliphatic hydroxyl groups excluding tert-OH is 1. The molecule has 21 heavy (non-hydrogen) atoms. The van der Waals surface area contributed by atoms with Crippen LogP contribution < -0.4 is 10.3 Å². The molecule has 1 aliphatic carbocycles. The molecule has 2 heterocycles. The summed E-state index contributed by atoms with van der Waals surface area (Å²) in [4.78, 5) is 17.4. The number of nitriles is 1. The third-order valence-corrected chi connectivity index (χ3v) is 3.68. The molecule has 3 rings (SSSR count). The van der Waals surface area contributed by atoms with E-state index in [2.05, 4.69) is 21.5 Å². The Morgan fingerprint density at radius 1 is 1.52 bits per heavy atom. The summed E-state index contributed by atoms with van der Waals surface area (Å²) < 4.78 is 3.17. The van der Waals surface area contributed by atoms with Crippen LogP contribution in [0.5, 0.6) is 0 Å². The number of aromatic nitrogens is 4. The Hall–Kier alpha value is -2.66. The molecular formula is C13H14N6O2. The van der Waals surface area contributed by atoms with Crippen molar-refractivity contribution < 1.29 is 9.94 Å². The van der Waals surface area contributed by atoms with Crippen LogP contribution in [-0.4, -0.2) is 37.6 Å². The summed E-state index contributed by atoms with van der Waals surface area (Å²) in [5, 5.41) is 18.6. The Kier molecular flexibility index (Phi) is 3.19. The van der Waals surface area contributed by atoms with E-state index >= 15 is 0 Å². The molecule has 0 aromatic carbocycles. The predicted octanol–water partition coefficient (Wildman–Crippen LogP) is -0.0750. The molecule has 1 fully saturated rings. The van der Waals surface area contributed by atoms with E-state index in [1.54, 1.807) is 12.5 Å². The molecular weight excluding hydrogens is 272 g/mol. The molecule has 0 amide bonds. The Balaban J connectivity index is 2.17. The largest absolute Gasteiger partial charge is 0.414 e. The van der Waals surface area contributed by atoms with E-state index in [0.29, 0.717) is 29.5 Å². The van der Waals surface area contributed by atoms with Crippen molar-refractivity contribution in [2.24, 2.45) is 4.99 Å². The lowest BCUT2D eigenvalue weighted by Crippen LogP contribution is -2.26. The van der Waals surface area contributed by atoms with Crippen LogP contribution in [0.15, 0.2) is 29.8 Å². The number of aliphatic hydroxyl groups is 1. The summed E-state index contributed by atoms with van der Waals surface area (Å²) in [6.45, 7) is 3.86. The third-order valence-electron chi connectivity index (χ3n) is 3.68. The highest BCUT2D eigenvalue weighted by atomic mass is 16.6. The monoisotopic (exact) mass is 286 g/mol. The van der Waals surface area contributed by atoms with Gasteiger partial charge in [0.15, 0.2) is 11.2 Å². The van der Waals surface area contributed by atoms with Crippen LogP contribution >= 0.6 is 0 Å². The number of hydrogen-bond donors (Lipinski definition) is 1. The van der Waals surface area contributed by atoms with Gasteiger partial charge < -0.3 is 14.5 Å². The van der Waals surface area contributed by atoms with Crippen molar-refractivity contribution in [1.82, 2.24) is 19.3 Å². The van der Waals surface area contributed by atoms with Crippen molar-refractivity contribution in [3.8, 4) is 6.19 Å². The molecule has 0 spiro atoms. The van der Waals surface area contributed by atoms with Gasteiger partial charge >= 0.3 is 0 Å². The second kappa shape index (κ2) is 5.03. The van der Waals surface area contributed by atoms with Crippen molar-refractivity contribution in [2.75, 3.05) is 7.11 Å². The second-order valence-corrected chi connectivity index (χ2v) is 4.88. The van der Waals surface area contributed by atoms with E-state index in [-0.39, 0.29) is 6.04 Å². The molecule has 0 bridgehead atoms. The summed E-state index contributed by atoms with van der Waals surface area (Å²) in [5.74, 6) is 0. The Labute approximate surface area is 120 Å². The highest BCUT2D eigenvalue weighted by molar-refractivity contribution is 5.69. The number of fused-ring (bicyclic) bond motifs is 1. The van der Waals surface area contributed by atoms with Crippen LogP contribution in [0.25, 0.3) is 11.2 Å². The van der Waals surface area contributed by atoms with Gasteiger partial charge in [-0.15, -0.1) is 4.99 Å². The van der Waals surface area contributed by atoms with Crippen molar-refractivity contribution in [1.29, 1.82) is 5.26 Å². The van der Waals surface area contributed by atoms with E-state index in [0.717, 1.165) is 5.57 Å². The Morgan fingerprint density at radius 2 is 2.33 bits per heavy atom. The molecule has 1 saturated carbocycles. The van der Waals surface area contributed by atoms with Crippen LogP contribution in [0.3, 0.4) is 0 Å². The minimum Gasteiger partial charge on any atom is -0.414 e. The topological polar surface area (TPSA) is 101 Å². The third kappa shape index (κ3) is 2.08. The summed E-state index contributed by atoms with van der Waals surface area (Å²) >= 11 is 0. The molecule has 8 nitrogen and oxygen atoms in total. The van der Waals surface area contributed by atoms with Crippen LogP contribution in [-0.2, 0) is 0 Å². The normalized spacial score (nSPS) is 22.7. The molecule has 2 aromatic rings. The zero-order valence-corrected chi connectivity index (χ0v) is 11.5. The van der Waals surface area contributed by atoms with Crippen LogP contribution in [0.4, 0.5) is 0 Å². The maximum absolute atomic E-state index is 9.82. The van der Waals surface area contributed by atoms with Gasteiger partial charge in [0.2, 0.25) is 11.7 Å². The number of nitrogens with zero attached hydrogens (tertiary/aromatic N) is 6. The van der Waals surface area contributed by atoms with Gasteiger partial charge in [0.1, 0.15) is 13.4 Å². The SMILES string of the molecule is C=C1CC(n2cnc3/c(=N\C#N)n(OC)cnc32)CC1O. The van der Waals surface area contributed by atoms with Gasteiger partial charge in [0, 0.05) is 6.04 Å². The smallest absolute Gasteiger partial charge is 0.211 e. The van der Waals surface area contributed by atoms with E-state index in [9.17, 15) is 5.11 Å². The number of hydrogen-bond acceptors (Lipinski definition) is 6. The van der Waals surface area contributed by atoms with Crippen molar-refractivity contribution in [3.05, 3.63) is 30.3 Å². The first-order valence-electron chi connectivity index (χ1n) is 6.43. The maximum Gasteiger partial charge on any atom is 0.211 e. The summed E-state index contributed by atoms with van der Waals surface area (Å²) in [5.41, 5.74) is 2.19. The van der Waals surface area contributed by atoms with Gasteiger partial charge in [0.25, 0.3) is 0 Å². The van der Waals surface area contributed by atoms with Crippen molar-refractivity contribution in [3.63, 3.8) is 0 Å². The van der Waals surface area contributed by atoms with Crippen molar-refractivity contribution in [2.45, 2.75) is 25.0 Å². The molecule has 108 valence electrons. The molecule has 0 saturated heterocycles. The summed E-state index contributed by atoms with van der Waals surface area (Å²) in [6.07, 6.45) is 5.58. The van der Waals surface area contributed by atoms with Crippen LogP contribution in [0.1, 0.15) is 18.9 Å². The van der Waals surface area contributed by atoms with E-state index in [4.69, 9.17) is 10.1 Å². The first-order valence-corrected chi connectivity index (χ1v) is 6.43. The van der Waals surface area contributed by atoms with Crippen molar-refractivity contribution >= 4 is 11.2 Å². The Bertz CT molecular complexity index is 812. The highest BCUT2D eigenvalue weighted by Gasteiger charge is 2.29. The molecule has 2 aromatic heterocycles. The van der Waals surface area contributed by atoms with Gasteiger partial charge in [-0.2, -0.15) is 9.99 Å². The standard InChI is InChI=1S/C13H14N6O2/c1-8-3-9(4-10(8)20)18-6-16-11-12(18)17-7-19(21-2)13(11)15-5-14/h6-7,9-10,20H,1,3-4H2,2H3/b15-13+. The summed E-state index contributed by atoms with van der Waals surface area (Å²) in [7, 11) is 1.46. The van der Waals surface area contributed by atoms with Gasteiger partial charge in [-0.3, -0.25) is 0 Å². The molecule has 2 unspecified atom stereocenters. The van der Waals surface area contributed by atoms with Gasteiger partial charge in [-0.1, -0.05) is 6.58 Å². The molecule has 8 heteroatoms. The van der Waals surface area contributed by atoms with Crippen LogP contribution in [0, 0.1) is 11.5 Å². The molecule has 1 N–H and O–H groups in total. The van der Waals surface area contributed by atoms with Gasteiger partial charge in [0.05, 0.1) is 12.4 Å². The molecule has 0 aliphatic heterocycles. The average Bonchev–Trinajstić information content (AvgIpc) is 3.04. The first-order chi connectivity index (χ1) is 10.2. The van der Waals surface area contributed by atoms with Gasteiger partial charge in [-0.05, 0) is 18.4 Å². The fourth-order valence-corrected chi connectivity index (χ4v) is 2.62. The minimum absolute atomic E-state index is 0.0540. The molecule has 2 atom stereocenters. The quantitative estimate of drug-likeness (QED) is 0.615. The molecule has 1 aliphatic rings. The van der Waals surface area contributed by atoms with E-state index in [1.807, 2.05) is 4.57 Å². The molecule has 0 radical (unpaired) electrons. The second-order valence-electron chi connectivity index (χ2n) is 4.88. The predicted molar refractivity (Wildman–Crippen MR) is 72.6 cm³/mol. The highest BCUT2D eigenvalue weighted by Crippen LogP contribution is 2.34. The number of imidazole rings is 1. The fourth-order valence-electron chi connectivity index (χ4n) is 2.62. The van der Waals surface area contributed by atoms with E-state index < -0.39 is 6.10 Å². The lowest BCUT2D eigenvalue weighted by molar-refractivity contribution is 0.153. The summed E-state index contributed by atoms with van der Waals surface area (Å²) in [6, 6.07) is 0.0540. The lowest BCUT2D eigenvalue weighted by Gasteiger charge is -2.11. The Morgan fingerprint density at radius 3 is 2.95 bits per heavy atom. The minimum atomic E-state index is -0.497. The zero-order valence-electron chi connectivity index (χ0n) is 11.5. The van der Waals surface area contributed by atoms with Gasteiger partial charge in [-0.25, -0.2) is 9.97 Å². The zero-order chi connectivity index (χ0) is 15.0. The lowest BCUT2D eigenvalue weighted by atomic mass is 10.2. The number of rotatable bonds is 2. The fraction of sp³-hybridized carbons (Fsp3) is 0.385. The van der Waals surface area contributed by atoms with Crippen LogP contribution in [0.2, 0.25) is 0 Å².